The number of carbonyl (C=O) groups excluding carboxylic acids is 2. The van der Waals surface area contributed by atoms with Crippen molar-refractivity contribution in [2.45, 2.75) is 58.0 Å². The van der Waals surface area contributed by atoms with E-state index in [0.717, 1.165) is 25.9 Å². The van der Waals surface area contributed by atoms with Gasteiger partial charge >= 0.3 is 0 Å². The van der Waals surface area contributed by atoms with E-state index in [2.05, 4.69) is 5.32 Å². The lowest BCUT2D eigenvalue weighted by molar-refractivity contribution is -0.133. The summed E-state index contributed by atoms with van der Waals surface area (Å²) in [6, 6.07) is -0.314. The van der Waals surface area contributed by atoms with Crippen molar-refractivity contribution in [1.82, 2.24) is 10.2 Å². The van der Waals surface area contributed by atoms with Crippen molar-refractivity contribution in [3.8, 4) is 0 Å². The van der Waals surface area contributed by atoms with Crippen molar-refractivity contribution < 1.29 is 9.59 Å². The van der Waals surface area contributed by atoms with Gasteiger partial charge < -0.3 is 16.0 Å². The molecule has 0 spiro atoms. The van der Waals surface area contributed by atoms with Crippen LogP contribution >= 0.6 is 0 Å². The molecule has 1 fully saturated rings. The van der Waals surface area contributed by atoms with Gasteiger partial charge in [0.05, 0.1) is 6.04 Å². The van der Waals surface area contributed by atoms with E-state index in [9.17, 15) is 9.59 Å². The zero-order valence-electron chi connectivity index (χ0n) is 11.4. The summed E-state index contributed by atoms with van der Waals surface area (Å²) < 4.78 is 0. The van der Waals surface area contributed by atoms with Crippen LogP contribution in [-0.2, 0) is 9.59 Å². The number of carbonyl (C=O) groups is 2. The number of nitrogens with zero attached hydrogens (tertiary/aromatic N) is 1. The average molecular weight is 255 g/mol. The van der Waals surface area contributed by atoms with Crippen LogP contribution in [0.25, 0.3) is 0 Å². The Labute approximate surface area is 109 Å². The number of hydrogen-bond donors (Lipinski definition) is 2. The monoisotopic (exact) mass is 255 g/mol. The fourth-order valence-electron chi connectivity index (χ4n) is 2.42. The summed E-state index contributed by atoms with van der Waals surface area (Å²) in [6.45, 7) is 5.44. The molecule has 104 valence electrons. The lowest BCUT2D eigenvalue weighted by Gasteiger charge is -2.26. The Morgan fingerprint density at radius 3 is 2.22 bits per heavy atom. The number of primary amides is 1. The molecular weight excluding hydrogens is 230 g/mol. The first kappa shape index (κ1) is 15.0. The maximum Gasteiger partial charge on any atom is 0.239 e. The molecule has 0 aliphatic carbocycles. The third-order valence-electron chi connectivity index (χ3n) is 3.33. The molecule has 0 saturated carbocycles. The van der Waals surface area contributed by atoms with Crippen LogP contribution in [0.1, 0.15) is 46.0 Å². The number of rotatable bonds is 5. The fourth-order valence-corrected chi connectivity index (χ4v) is 2.42. The SMILES string of the molecule is CC(CC(N)=O)NC(C)C(=O)N1CCCCCC1. The topological polar surface area (TPSA) is 75.4 Å². The second-order valence-electron chi connectivity index (χ2n) is 5.20. The van der Waals surface area contributed by atoms with E-state index in [0.29, 0.717) is 0 Å². The van der Waals surface area contributed by atoms with E-state index in [4.69, 9.17) is 5.73 Å². The Morgan fingerprint density at radius 1 is 1.17 bits per heavy atom. The molecule has 1 aliphatic heterocycles. The molecule has 1 aliphatic rings. The summed E-state index contributed by atoms with van der Waals surface area (Å²) in [4.78, 5) is 24.9. The van der Waals surface area contributed by atoms with Gasteiger partial charge in [-0.25, -0.2) is 0 Å². The highest BCUT2D eigenvalue weighted by Gasteiger charge is 2.22. The molecule has 3 N–H and O–H groups in total. The first-order chi connectivity index (χ1) is 8.50. The summed E-state index contributed by atoms with van der Waals surface area (Å²) in [7, 11) is 0. The Kier molecular flexibility index (Phi) is 6.12. The largest absolute Gasteiger partial charge is 0.370 e. The van der Waals surface area contributed by atoms with Crippen LogP contribution in [0.15, 0.2) is 0 Å². The minimum Gasteiger partial charge on any atom is -0.370 e. The standard InChI is InChI=1S/C13H25N3O2/c1-10(9-12(14)17)15-11(2)13(18)16-7-5-3-4-6-8-16/h10-11,15H,3-9H2,1-2H3,(H2,14,17). The Morgan fingerprint density at radius 2 is 1.72 bits per heavy atom. The van der Waals surface area contributed by atoms with E-state index >= 15 is 0 Å². The predicted octanol–water partition coefficient (Wildman–Crippen LogP) is 0.631. The van der Waals surface area contributed by atoms with Crippen LogP contribution in [0.4, 0.5) is 0 Å². The number of hydrogen-bond acceptors (Lipinski definition) is 3. The molecule has 1 heterocycles. The van der Waals surface area contributed by atoms with Crippen LogP contribution in [0.2, 0.25) is 0 Å². The van der Waals surface area contributed by atoms with Crippen molar-refractivity contribution >= 4 is 11.8 Å². The van der Waals surface area contributed by atoms with Gasteiger partial charge in [-0.05, 0) is 26.7 Å². The summed E-state index contributed by atoms with van der Waals surface area (Å²) >= 11 is 0. The summed E-state index contributed by atoms with van der Waals surface area (Å²) in [6.07, 6.45) is 4.87. The Hall–Kier alpha value is -1.10. The van der Waals surface area contributed by atoms with Crippen LogP contribution in [0, 0.1) is 0 Å². The van der Waals surface area contributed by atoms with Crippen molar-refractivity contribution in [1.29, 1.82) is 0 Å². The molecule has 0 aromatic carbocycles. The van der Waals surface area contributed by atoms with Crippen molar-refractivity contribution in [2.24, 2.45) is 5.73 Å². The summed E-state index contributed by atoms with van der Waals surface area (Å²) in [5.41, 5.74) is 5.13. The molecule has 2 unspecified atom stereocenters. The Balaban J connectivity index is 2.41. The number of amides is 2. The second-order valence-corrected chi connectivity index (χ2v) is 5.20. The molecule has 1 saturated heterocycles. The number of likely N-dealkylation sites (tertiary alicyclic amines) is 1. The second kappa shape index (κ2) is 7.36. The van der Waals surface area contributed by atoms with Crippen LogP contribution in [0.3, 0.4) is 0 Å². The lowest BCUT2D eigenvalue weighted by atomic mass is 10.2. The van der Waals surface area contributed by atoms with Gasteiger partial charge in [-0.2, -0.15) is 0 Å². The highest BCUT2D eigenvalue weighted by Crippen LogP contribution is 2.11. The molecule has 5 heteroatoms. The van der Waals surface area contributed by atoms with E-state index in [1.54, 1.807) is 0 Å². The van der Waals surface area contributed by atoms with E-state index < -0.39 is 0 Å². The number of nitrogens with one attached hydrogen (secondary N) is 1. The maximum atomic E-state index is 12.2. The summed E-state index contributed by atoms with van der Waals surface area (Å²) in [5.74, 6) is -0.211. The van der Waals surface area contributed by atoms with Crippen molar-refractivity contribution in [3.05, 3.63) is 0 Å². The van der Waals surface area contributed by atoms with Crippen molar-refractivity contribution in [3.63, 3.8) is 0 Å². The van der Waals surface area contributed by atoms with Gasteiger partial charge in [0.15, 0.2) is 0 Å². The maximum absolute atomic E-state index is 12.2. The van der Waals surface area contributed by atoms with Gasteiger partial charge in [0.2, 0.25) is 11.8 Å². The third kappa shape index (κ3) is 5.04. The van der Waals surface area contributed by atoms with E-state index in [-0.39, 0.29) is 30.3 Å². The van der Waals surface area contributed by atoms with Gasteiger partial charge in [0.25, 0.3) is 0 Å². The van der Waals surface area contributed by atoms with Crippen LogP contribution in [-0.4, -0.2) is 41.9 Å². The quantitative estimate of drug-likeness (QED) is 0.756. The third-order valence-corrected chi connectivity index (χ3v) is 3.33. The van der Waals surface area contributed by atoms with Crippen LogP contribution in [0.5, 0.6) is 0 Å². The molecule has 0 aromatic heterocycles. The molecule has 0 radical (unpaired) electrons. The molecule has 1 rings (SSSR count). The minimum atomic E-state index is -0.343. The first-order valence-electron chi connectivity index (χ1n) is 6.84. The minimum absolute atomic E-state index is 0.0616. The van der Waals surface area contributed by atoms with Gasteiger partial charge in [-0.3, -0.25) is 9.59 Å². The lowest BCUT2D eigenvalue weighted by Crippen LogP contribution is -2.48. The molecular formula is C13H25N3O2. The predicted molar refractivity (Wildman–Crippen MR) is 70.9 cm³/mol. The zero-order valence-corrected chi connectivity index (χ0v) is 11.4. The molecule has 18 heavy (non-hydrogen) atoms. The van der Waals surface area contributed by atoms with E-state index in [1.807, 2.05) is 18.7 Å². The highest BCUT2D eigenvalue weighted by molar-refractivity contribution is 5.81. The van der Waals surface area contributed by atoms with Crippen molar-refractivity contribution in [2.75, 3.05) is 13.1 Å². The molecule has 2 amide bonds. The molecule has 0 aromatic rings. The zero-order chi connectivity index (χ0) is 13.5. The Bertz CT molecular complexity index is 286. The van der Waals surface area contributed by atoms with Gasteiger partial charge in [0, 0.05) is 25.6 Å². The smallest absolute Gasteiger partial charge is 0.239 e. The highest BCUT2D eigenvalue weighted by atomic mass is 16.2. The summed E-state index contributed by atoms with van der Waals surface area (Å²) in [5, 5.41) is 3.14. The fraction of sp³-hybridized carbons (Fsp3) is 0.846. The molecule has 2 atom stereocenters. The van der Waals surface area contributed by atoms with Gasteiger partial charge in [0.1, 0.15) is 0 Å². The molecule has 5 nitrogen and oxygen atoms in total. The van der Waals surface area contributed by atoms with Gasteiger partial charge in [-0.1, -0.05) is 12.8 Å². The normalized spacial score (nSPS) is 20.0. The number of nitrogens with two attached hydrogens (primary N) is 1. The first-order valence-corrected chi connectivity index (χ1v) is 6.84. The van der Waals surface area contributed by atoms with Crippen LogP contribution < -0.4 is 11.1 Å². The average Bonchev–Trinajstić information content (AvgIpc) is 2.55. The van der Waals surface area contributed by atoms with E-state index in [1.165, 1.54) is 12.8 Å². The molecule has 0 bridgehead atoms. The van der Waals surface area contributed by atoms with Gasteiger partial charge in [-0.15, -0.1) is 0 Å².